The Bertz CT molecular complexity index is 734. The van der Waals surface area contributed by atoms with Gasteiger partial charge in [0.2, 0.25) is 5.95 Å². The average Bonchev–Trinajstić information content (AvgIpc) is 3.04. The molecule has 3 rings (SSSR count). The lowest BCUT2D eigenvalue weighted by Crippen LogP contribution is -2.33. The Balaban J connectivity index is 2.03. The highest BCUT2D eigenvalue weighted by Gasteiger charge is 2.44. The second kappa shape index (κ2) is 5.88. The summed E-state index contributed by atoms with van der Waals surface area (Å²) in [6.07, 6.45) is -2.90. The van der Waals surface area contributed by atoms with Crippen molar-refractivity contribution >= 4 is 26.6 Å². The molecule has 0 aliphatic carbocycles. The molecule has 0 saturated carbocycles. The van der Waals surface area contributed by atoms with E-state index in [0.29, 0.717) is 0 Å². The number of H-pyrrole nitrogens is 1. The van der Waals surface area contributed by atoms with Gasteiger partial charge in [0.1, 0.15) is 18.3 Å². The minimum Gasteiger partial charge on any atom is -0.387 e. The van der Waals surface area contributed by atoms with E-state index >= 15 is 0 Å². The van der Waals surface area contributed by atoms with Gasteiger partial charge in [-0.25, -0.2) is 10.5 Å². The second-order valence-corrected chi connectivity index (χ2v) is 5.06. The molecule has 12 heteroatoms. The monoisotopic (exact) mass is 331 g/mol. The number of nitrogens with one attached hydrogen (secondary N) is 2. The molecule has 1 aliphatic heterocycles. The summed E-state index contributed by atoms with van der Waals surface area (Å²) in [7, 11) is 2.03. The van der Waals surface area contributed by atoms with Crippen LogP contribution in [0.1, 0.15) is 6.23 Å². The highest BCUT2D eigenvalue weighted by molar-refractivity contribution is 7.09. The zero-order chi connectivity index (χ0) is 15.9. The lowest BCUT2D eigenvalue weighted by Gasteiger charge is -2.16. The molecule has 0 spiro atoms. The molecule has 0 bridgehead atoms. The minimum atomic E-state index is -1.26. The van der Waals surface area contributed by atoms with Gasteiger partial charge in [-0.05, 0) is 0 Å². The number of aromatic nitrogens is 4. The van der Waals surface area contributed by atoms with Crippen molar-refractivity contribution in [2.45, 2.75) is 24.5 Å². The molecule has 5 atom stereocenters. The molecule has 22 heavy (non-hydrogen) atoms. The van der Waals surface area contributed by atoms with Crippen LogP contribution in [0.5, 0.6) is 0 Å². The summed E-state index contributed by atoms with van der Waals surface area (Å²) in [6.45, 7) is 0.0590. The van der Waals surface area contributed by atoms with Gasteiger partial charge < -0.3 is 19.5 Å². The molecule has 1 fully saturated rings. The first-order valence-corrected chi connectivity index (χ1v) is 6.74. The summed E-state index contributed by atoms with van der Waals surface area (Å²) in [5.74, 6) is -0.183. The van der Waals surface area contributed by atoms with Crippen molar-refractivity contribution in [2.75, 3.05) is 12.1 Å². The maximum Gasteiger partial charge on any atom is 0.280 e. The van der Waals surface area contributed by atoms with Crippen molar-refractivity contribution in [3.8, 4) is 0 Å². The number of ether oxygens (including phenoxy) is 1. The number of fused-ring (bicyclic) bond motifs is 1. The van der Waals surface area contributed by atoms with Gasteiger partial charge in [0.05, 0.1) is 12.9 Å². The highest BCUT2D eigenvalue weighted by atomic mass is 31.0. The molecule has 11 nitrogen and oxygen atoms in total. The number of hydrogen-bond acceptors (Lipinski definition) is 9. The van der Waals surface area contributed by atoms with Crippen LogP contribution in [0.4, 0.5) is 5.95 Å². The first kappa shape index (κ1) is 15.3. The van der Waals surface area contributed by atoms with Gasteiger partial charge in [0.25, 0.3) is 5.56 Å². The Morgan fingerprint density at radius 3 is 2.95 bits per heavy atom. The van der Waals surface area contributed by atoms with E-state index in [2.05, 4.69) is 15.0 Å². The third-order valence-electron chi connectivity index (χ3n) is 3.41. The molecule has 3 unspecified atom stereocenters. The normalized spacial score (nSPS) is 28.4. The second-order valence-electron chi connectivity index (χ2n) is 4.73. The lowest BCUT2D eigenvalue weighted by molar-refractivity contribution is -0.0455. The van der Waals surface area contributed by atoms with Crippen LogP contribution in [-0.2, 0) is 9.26 Å². The Hall–Kier alpha value is -1.62. The number of aliphatic hydroxyl groups excluding tert-OH is 2. The minimum absolute atomic E-state index is 0.00929. The average molecular weight is 331 g/mol. The molecule has 0 aromatic carbocycles. The fourth-order valence-electron chi connectivity index (χ4n) is 2.36. The topological polar surface area (TPSA) is 155 Å². The fourth-order valence-corrected chi connectivity index (χ4v) is 2.55. The number of anilines is 1. The van der Waals surface area contributed by atoms with E-state index in [0.717, 1.165) is 0 Å². The van der Waals surface area contributed by atoms with E-state index in [1.807, 2.05) is 9.47 Å². The van der Waals surface area contributed by atoms with Gasteiger partial charge in [0.15, 0.2) is 17.4 Å². The first-order chi connectivity index (χ1) is 10.6. The van der Waals surface area contributed by atoms with E-state index in [1.54, 1.807) is 5.48 Å². The zero-order valence-corrected chi connectivity index (χ0v) is 12.2. The third kappa shape index (κ3) is 2.37. The summed E-state index contributed by atoms with van der Waals surface area (Å²) in [4.78, 5) is 21.9. The van der Waals surface area contributed by atoms with Crippen molar-refractivity contribution in [3.63, 3.8) is 0 Å². The number of nitrogens with zero attached hydrogens (tertiary/aromatic N) is 3. The van der Waals surface area contributed by atoms with Crippen molar-refractivity contribution in [3.05, 3.63) is 16.7 Å². The molecular formula is C10H14N5O6P. The molecule has 1 aliphatic rings. The van der Waals surface area contributed by atoms with Gasteiger partial charge in [-0.2, -0.15) is 4.98 Å². The molecule has 120 valence electrons. The number of rotatable bonds is 4. The molecular weight excluding hydrogens is 317 g/mol. The number of hydrogen-bond donors (Lipinski definition) is 5. The molecule has 2 aromatic heterocycles. The van der Waals surface area contributed by atoms with Gasteiger partial charge in [-0.1, -0.05) is 0 Å². The number of aliphatic hydroxyl groups is 2. The Labute approximate surface area is 125 Å². The van der Waals surface area contributed by atoms with E-state index in [9.17, 15) is 15.0 Å². The van der Waals surface area contributed by atoms with Crippen molar-refractivity contribution in [2.24, 2.45) is 0 Å². The van der Waals surface area contributed by atoms with Crippen LogP contribution in [0.25, 0.3) is 11.2 Å². The summed E-state index contributed by atoms with van der Waals surface area (Å²) in [5, 5.41) is 28.9. The molecule has 3 heterocycles. The predicted octanol–water partition coefficient (Wildman–Crippen LogP) is -1.65. The van der Waals surface area contributed by atoms with Crippen molar-refractivity contribution in [1.82, 2.24) is 19.5 Å². The fraction of sp³-hybridized carbons (Fsp3) is 0.500. The molecule has 2 aromatic rings. The Morgan fingerprint density at radius 1 is 1.50 bits per heavy atom. The van der Waals surface area contributed by atoms with Crippen molar-refractivity contribution < 1.29 is 24.7 Å². The summed E-state index contributed by atoms with van der Waals surface area (Å²) < 4.78 is 11.7. The SMILES string of the molecule is O=c1[nH]c(NO)nc2c1ncn2[C@@H]1O[C@H](COP)C(O)C1O. The summed E-state index contributed by atoms with van der Waals surface area (Å²) in [6, 6.07) is 0. The Morgan fingerprint density at radius 2 is 2.27 bits per heavy atom. The van der Waals surface area contributed by atoms with Crippen LogP contribution in [0.2, 0.25) is 0 Å². The van der Waals surface area contributed by atoms with Crippen LogP contribution in [0, 0.1) is 0 Å². The van der Waals surface area contributed by atoms with E-state index in [-0.39, 0.29) is 23.7 Å². The molecule has 5 N–H and O–H groups in total. The first-order valence-electron chi connectivity index (χ1n) is 6.27. The van der Waals surface area contributed by atoms with Gasteiger partial charge in [0, 0.05) is 9.47 Å². The predicted molar refractivity (Wildman–Crippen MR) is 75.1 cm³/mol. The highest BCUT2D eigenvalue weighted by Crippen LogP contribution is 2.31. The van der Waals surface area contributed by atoms with Gasteiger partial charge in [-0.3, -0.25) is 19.6 Å². The van der Waals surface area contributed by atoms with Gasteiger partial charge >= 0.3 is 0 Å². The lowest BCUT2D eigenvalue weighted by atomic mass is 10.1. The van der Waals surface area contributed by atoms with Crippen LogP contribution in [0.15, 0.2) is 11.1 Å². The molecule has 1 saturated heterocycles. The summed E-state index contributed by atoms with van der Waals surface area (Å²) in [5.41, 5.74) is 1.26. The quantitative estimate of drug-likeness (QED) is 0.327. The zero-order valence-electron chi connectivity index (χ0n) is 11.1. The maximum atomic E-state index is 11.8. The van der Waals surface area contributed by atoms with Crippen LogP contribution < -0.4 is 11.0 Å². The standard InChI is InChI=1S/C10H14N5O6P/c16-5-3(1-20-22)21-9(6(5)17)15-2-11-4-7(15)12-10(14-19)13-8(4)18/h2-3,5-6,9,16-17,19H,1,22H2,(H2,12,13,14,18)/t3-,5?,6?,9-/m1/s1. The maximum absolute atomic E-state index is 11.8. The summed E-state index contributed by atoms with van der Waals surface area (Å²) >= 11 is 0. The van der Waals surface area contributed by atoms with E-state index < -0.39 is 30.1 Å². The van der Waals surface area contributed by atoms with Crippen LogP contribution in [-0.4, -0.2) is 59.9 Å². The third-order valence-corrected chi connectivity index (χ3v) is 3.60. The largest absolute Gasteiger partial charge is 0.387 e. The number of aromatic amines is 1. The Kier molecular flexibility index (Phi) is 4.08. The number of imidazole rings is 1. The van der Waals surface area contributed by atoms with E-state index in [4.69, 9.17) is 14.5 Å². The molecule has 0 amide bonds. The van der Waals surface area contributed by atoms with E-state index in [1.165, 1.54) is 10.9 Å². The van der Waals surface area contributed by atoms with Crippen LogP contribution in [0.3, 0.4) is 0 Å². The van der Waals surface area contributed by atoms with Crippen LogP contribution >= 0.6 is 9.47 Å². The van der Waals surface area contributed by atoms with Crippen molar-refractivity contribution in [1.29, 1.82) is 0 Å². The smallest absolute Gasteiger partial charge is 0.280 e. The molecule has 0 radical (unpaired) electrons. The van der Waals surface area contributed by atoms with Gasteiger partial charge in [-0.15, -0.1) is 0 Å².